The van der Waals surface area contributed by atoms with Crippen molar-refractivity contribution in [3.8, 4) is 11.5 Å². The van der Waals surface area contributed by atoms with Crippen LogP contribution in [0.25, 0.3) is 22.6 Å². The summed E-state index contributed by atoms with van der Waals surface area (Å²) in [7, 11) is 0. The van der Waals surface area contributed by atoms with E-state index in [1.807, 2.05) is 30.3 Å². The maximum Gasteiger partial charge on any atom is 0.227 e. The van der Waals surface area contributed by atoms with Crippen LogP contribution in [0.1, 0.15) is 44.6 Å². The summed E-state index contributed by atoms with van der Waals surface area (Å²) in [6.07, 6.45) is 2.03. The average molecular weight is 430 g/mol. The number of halogens is 1. The largest absolute Gasteiger partial charge is 0.436 e. The summed E-state index contributed by atoms with van der Waals surface area (Å²) in [4.78, 5) is 16.4. The van der Waals surface area contributed by atoms with Gasteiger partial charge in [0, 0.05) is 23.6 Å². The van der Waals surface area contributed by atoms with Gasteiger partial charge >= 0.3 is 0 Å². The predicted octanol–water partition coefficient (Wildman–Crippen LogP) is 5.84. The normalized spacial score (nSPS) is 12.0. The van der Waals surface area contributed by atoms with Crippen LogP contribution in [0.15, 0.2) is 46.9 Å². The molecule has 0 saturated carbocycles. The van der Waals surface area contributed by atoms with Crippen LogP contribution in [0.2, 0.25) is 0 Å². The lowest BCUT2D eigenvalue weighted by Crippen LogP contribution is -2.33. The molecule has 0 spiro atoms. The first-order valence-electron chi connectivity index (χ1n) is 9.68. The summed E-state index contributed by atoms with van der Waals surface area (Å²) in [6.45, 7) is 4.38. The fourth-order valence-electron chi connectivity index (χ4n) is 2.92. The Bertz CT molecular complexity index is 1020. The van der Waals surface area contributed by atoms with Gasteiger partial charge in [0.25, 0.3) is 0 Å². The second-order valence-corrected chi connectivity index (χ2v) is 7.72. The Morgan fingerprint density at radius 2 is 2.10 bits per heavy atom. The molecule has 0 aliphatic carbocycles. The van der Waals surface area contributed by atoms with Crippen LogP contribution in [0, 0.1) is 0 Å². The molecule has 1 atom stereocenters. The molecule has 0 aliphatic rings. The highest BCUT2D eigenvalue weighted by Crippen LogP contribution is 2.29. The van der Waals surface area contributed by atoms with Crippen molar-refractivity contribution >= 4 is 51.6 Å². The molecule has 7 heteroatoms. The smallest absolute Gasteiger partial charge is 0.227 e. The molecule has 1 heterocycles. The Labute approximate surface area is 180 Å². The first-order valence-corrected chi connectivity index (χ1v) is 10.6. The highest BCUT2D eigenvalue weighted by molar-refractivity contribution is 7.80. The fourth-order valence-corrected chi connectivity index (χ4v) is 3.28. The lowest BCUT2D eigenvalue weighted by molar-refractivity contribution is -0.119. The molecule has 152 valence electrons. The molecular formula is C22H24ClN3O2S. The minimum absolute atomic E-state index is 0.157. The van der Waals surface area contributed by atoms with E-state index >= 15 is 0 Å². The van der Waals surface area contributed by atoms with Crippen molar-refractivity contribution in [2.45, 2.75) is 39.0 Å². The van der Waals surface area contributed by atoms with Crippen LogP contribution in [-0.4, -0.2) is 21.9 Å². The van der Waals surface area contributed by atoms with E-state index in [0.717, 1.165) is 28.8 Å². The summed E-state index contributed by atoms with van der Waals surface area (Å²) in [5.74, 6) is 1.31. The Morgan fingerprint density at radius 1 is 1.28 bits per heavy atom. The van der Waals surface area contributed by atoms with Gasteiger partial charge in [0.05, 0.1) is 0 Å². The van der Waals surface area contributed by atoms with E-state index in [-0.39, 0.29) is 11.0 Å². The van der Waals surface area contributed by atoms with E-state index in [1.54, 1.807) is 0 Å². The topological polar surface area (TPSA) is 67.2 Å². The number of nitrogens with one attached hydrogen (secondary N) is 2. The lowest BCUT2D eigenvalue weighted by Gasteiger charge is -2.09. The van der Waals surface area contributed by atoms with Gasteiger partial charge in [0.2, 0.25) is 11.8 Å². The zero-order chi connectivity index (χ0) is 20.8. The van der Waals surface area contributed by atoms with Crippen LogP contribution < -0.4 is 10.6 Å². The Kier molecular flexibility index (Phi) is 7.23. The summed E-state index contributed by atoms with van der Waals surface area (Å²) < 4.78 is 5.94. The molecule has 3 aromatic rings. The molecule has 1 unspecified atom stereocenters. The number of hydrogen-bond acceptors (Lipinski definition) is 4. The molecule has 1 amide bonds. The van der Waals surface area contributed by atoms with E-state index in [9.17, 15) is 4.79 Å². The zero-order valence-corrected chi connectivity index (χ0v) is 18.1. The van der Waals surface area contributed by atoms with Crippen LogP contribution in [0.3, 0.4) is 0 Å². The first kappa shape index (κ1) is 21.3. The van der Waals surface area contributed by atoms with E-state index in [1.165, 1.54) is 5.56 Å². The zero-order valence-electron chi connectivity index (χ0n) is 16.5. The van der Waals surface area contributed by atoms with Crippen molar-refractivity contribution in [2.24, 2.45) is 0 Å². The number of benzene rings is 2. The van der Waals surface area contributed by atoms with Gasteiger partial charge in [-0.3, -0.25) is 4.79 Å². The number of rotatable bonds is 7. The third-order valence-electron chi connectivity index (χ3n) is 4.75. The maximum atomic E-state index is 11.8. The number of amides is 1. The average Bonchev–Trinajstić information content (AvgIpc) is 3.15. The number of aromatic nitrogens is 1. The van der Waals surface area contributed by atoms with Gasteiger partial charge in [-0.05, 0) is 66.9 Å². The molecule has 29 heavy (non-hydrogen) atoms. The van der Waals surface area contributed by atoms with E-state index < -0.39 is 0 Å². The number of thiocarbonyl (C=S) groups is 1. The quantitative estimate of drug-likeness (QED) is 0.364. The van der Waals surface area contributed by atoms with Crippen LogP contribution in [0.4, 0.5) is 5.69 Å². The van der Waals surface area contributed by atoms with Gasteiger partial charge in [-0.2, -0.15) is 0 Å². The van der Waals surface area contributed by atoms with Crippen molar-refractivity contribution in [3.63, 3.8) is 0 Å². The molecule has 2 aromatic carbocycles. The van der Waals surface area contributed by atoms with E-state index in [0.29, 0.717) is 30.5 Å². The van der Waals surface area contributed by atoms with Crippen LogP contribution >= 0.6 is 23.8 Å². The Hall–Kier alpha value is -2.44. The van der Waals surface area contributed by atoms with Gasteiger partial charge in [0.1, 0.15) is 5.52 Å². The molecule has 5 nitrogen and oxygen atoms in total. The Morgan fingerprint density at radius 3 is 2.86 bits per heavy atom. The lowest BCUT2D eigenvalue weighted by atomic mass is 9.98. The minimum atomic E-state index is -0.157. The molecule has 2 N–H and O–H groups in total. The molecule has 0 radical (unpaired) electrons. The molecular weight excluding hydrogens is 406 g/mol. The first-order chi connectivity index (χ1) is 14.0. The number of carbonyl (C=O) groups excluding carboxylic acids is 1. The highest BCUT2D eigenvalue weighted by atomic mass is 35.5. The molecule has 1 aromatic heterocycles. The van der Waals surface area contributed by atoms with Gasteiger partial charge in [-0.15, -0.1) is 11.6 Å². The molecule has 0 saturated heterocycles. The van der Waals surface area contributed by atoms with Crippen molar-refractivity contribution in [1.29, 1.82) is 0 Å². The van der Waals surface area contributed by atoms with Crippen molar-refractivity contribution < 1.29 is 9.21 Å². The number of anilines is 1. The number of hydrogen-bond donors (Lipinski definition) is 2. The molecule has 0 fully saturated rings. The molecule has 0 aliphatic heterocycles. The highest BCUT2D eigenvalue weighted by Gasteiger charge is 2.12. The van der Waals surface area contributed by atoms with Gasteiger partial charge < -0.3 is 15.1 Å². The monoisotopic (exact) mass is 429 g/mol. The van der Waals surface area contributed by atoms with E-state index in [2.05, 4.69) is 41.6 Å². The number of alkyl halides is 1. The fraction of sp³-hybridized carbons (Fsp3) is 0.318. The number of nitrogens with zero attached hydrogens (tertiary/aromatic N) is 1. The second-order valence-electron chi connectivity index (χ2n) is 6.93. The summed E-state index contributed by atoms with van der Waals surface area (Å²) in [5, 5.41) is 5.92. The summed E-state index contributed by atoms with van der Waals surface area (Å²) in [5.41, 5.74) is 4.43. The molecule has 0 bridgehead atoms. The third kappa shape index (κ3) is 5.55. The van der Waals surface area contributed by atoms with Crippen molar-refractivity contribution in [2.75, 3.05) is 11.2 Å². The Balaban J connectivity index is 1.75. The van der Waals surface area contributed by atoms with Crippen molar-refractivity contribution in [1.82, 2.24) is 10.3 Å². The number of fused-ring (bicyclic) bond motifs is 1. The predicted molar refractivity (Wildman–Crippen MR) is 122 cm³/mol. The number of carbonyl (C=O) groups is 1. The SMILES string of the molecule is CCC(C)c1ccc2oc(-c3cccc(NC(=S)NC(=O)CCCCl)c3)nc2c1. The van der Waals surface area contributed by atoms with Crippen LogP contribution in [0.5, 0.6) is 0 Å². The third-order valence-corrected chi connectivity index (χ3v) is 5.22. The summed E-state index contributed by atoms with van der Waals surface area (Å²) >= 11 is 10.8. The van der Waals surface area contributed by atoms with Crippen LogP contribution in [-0.2, 0) is 4.79 Å². The number of oxazole rings is 1. The van der Waals surface area contributed by atoms with Gasteiger partial charge in [-0.1, -0.05) is 26.0 Å². The molecule has 3 rings (SSSR count). The minimum Gasteiger partial charge on any atom is -0.436 e. The standard InChI is InChI=1S/C22H24ClN3O2S/c1-3-14(2)15-9-10-19-18(13-15)25-21(28-19)16-6-4-7-17(12-16)24-22(29)26-20(27)8-5-11-23/h4,6-7,9-10,12-14H,3,5,8,11H2,1-2H3,(H2,24,26,27,29). The second kappa shape index (κ2) is 9.85. The van der Waals surface area contributed by atoms with Gasteiger partial charge in [0.15, 0.2) is 10.7 Å². The van der Waals surface area contributed by atoms with Gasteiger partial charge in [-0.25, -0.2) is 4.98 Å². The summed E-state index contributed by atoms with van der Waals surface area (Å²) in [6, 6.07) is 13.7. The maximum absolute atomic E-state index is 11.8. The van der Waals surface area contributed by atoms with Crippen molar-refractivity contribution in [3.05, 3.63) is 48.0 Å². The van der Waals surface area contributed by atoms with E-state index in [4.69, 9.17) is 28.2 Å².